The standard InChI is InChI=1S/C26H23Cl2N3O5/c1-2-13-35-20-10-5-18(6-11-20)25(33)29-16-24(32)31-30-15-17-3-8-21(9-4-17)36-26(34)22-12-7-19(27)14-23(22)28/h3-12,14-15H,2,13,16H2,1H3,(H,29,33)(H,31,32)/b30-15-. The summed E-state index contributed by atoms with van der Waals surface area (Å²) in [5.41, 5.74) is 3.59. The van der Waals surface area contributed by atoms with E-state index in [9.17, 15) is 14.4 Å². The van der Waals surface area contributed by atoms with E-state index >= 15 is 0 Å². The highest BCUT2D eigenvalue weighted by Gasteiger charge is 2.13. The number of nitrogens with one attached hydrogen (secondary N) is 2. The average molecular weight is 528 g/mol. The second-order valence-electron chi connectivity index (χ2n) is 7.43. The molecule has 36 heavy (non-hydrogen) atoms. The van der Waals surface area contributed by atoms with Gasteiger partial charge in [-0.15, -0.1) is 0 Å². The normalized spacial score (nSPS) is 10.6. The van der Waals surface area contributed by atoms with E-state index in [2.05, 4.69) is 15.8 Å². The Hall–Kier alpha value is -3.88. The lowest BCUT2D eigenvalue weighted by Crippen LogP contribution is -2.34. The summed E-state index contributed by atoms with van der Waals surface area (Å²) in [6.45, 7) is 2.36. The third kappa shape index (κ3) is 8.11. The number of carbonyl (C=O) groups excluding carboxylic acids is 3. The Morgan fingerprint density at radius 3 is 2.31 bits per heavy atom. The third-order valence-electron chi connectivity index (χ3n) is 4.64. The molecule has 0 heterocycles. The number of halogens is 2. The van der Waals surface area contributed by atoms with E-state index in [1.165, 1.54) is 18.3 Å². The van der Waals surface area contributed by atoms with Gasteiger partial charge in [-0.2, -0.15) is 5.10 Å². The molecule has 0 saturated heterocycles. The van der Waals surface area contributed by atoms with Crippen molar-refractivity contribution in [2.24, 2.45) is 5.10 Å². The molecule has 2 amide bonds. The van der Waals surface area contributed by atoms with E-state index in [-0.39, 0.29) is 23.0 Å². The molecule has 3 aromatic rings. The minimum Gasteiger partial charge on any atom is -0.494 e. The van der Waals surface area contributed by atoms with Crippen molar-refractivity contribution in [2.75, 3.05) is 13.2 Å². The second-order valence-corrected chi connectivity index (χ2v) is 8.28. The van der Waals surface area contributed by atoms with E-state index < -0.39 is 11.9 Å². The van der Waals surface area contributed by atoms with Gasteiger partial charge < -0.3 is 14.8 Å². The molecule has 3 aromatic carbocycles. The van der Waals surface area contributed by atoms with E-state index in [0.29, 0.717) is 34.3 Å². The minimum atomic E-state index is -0.617. The smallest absolute Gasteiger partial charge is 0.345 e. The predicted molar refractivity (Wildman–Crippen MR) is 138 cm³/mol. The van der Waals surface area contributed by atoms with Crippen molar-refractivity contribution in [2.45, 2.75) is 13.3 Å². The zero-order valence-corrected chi connectivity index (χ0v) is 20.8. The monoisotopic (exact) mass is 527 g/mol. The Morgan fingerprint density at radius 1 is 0.944 bits per heavy atom. The largest absolute Gasteiger partial charge is 0.494 e. The van der Waals surface area contributed by atoms with Gasteiger partial charge in [-0.25, -0.2) is 10.2 Å². The van der Waals surface area contributed by atoms with Crippen molar-refractivity contribution in [3.8, 4) is 11.5 Å². The Labute approximate surface area is 218 Å². The molecule has 0 fully saturated rings. The van der Waals surface area contributed by atoms with Crippen LogP contribution in [0.3, 0.4) is 0 Å². The van der Waals surface area contributed by atoms with Gasteiger partial charge in [0.15, 0.2) is 0 Å². The molecule has 2 N–H and O–H groups in total. The van der Waals surface area contributed by atoms with Crippen molar-refractivity contribution in [3.05, 3.63) is 93.5 Å². The van der Waals surface area contributed by atoms with Crippen LogP contribution < -0.4 is 20.2 Å². The lowest BCUT2D eigenvalue weighted by atomic mass is 10.2. The zero-order valence-electron chi connectivity index (χ0n) is 19.3. The summed E-state index contributed by atoms with van der Waals surface area (Å²) in [6, 6.07) is 17.6. The summed E-state index contributed by atoms with van der Waals surface area (Å²) in [6.07, 6.45) is 2.30. The predicted octanol–water partition coefficient (Wildman–Crippen LogP) is 4.88. The fourth-order valence-corrected chi connectivity index (χ4v) is 3.33. The Morgan fingerprint density at radius 2 is 1.64 bits per heavy atom. The average Bonchev–Trinajstić information content (AvgIpc) is 2.87. The van der Waals surface area contributed by atoms with Crippen molar-refractivity contribution in [1.82, 2.24) is 10.7 Å². The number of esters is 1. The molecule has 8 nitrogen and oxygen atoms in total. The van der Waals surface area contributed by atoms with Crippen LogP contribution in [0.2, 0.25) is 10.0 Å². The van der Waals surface area contributed by atoms with Crippen LogP contribution in [0.15, 0.2) is 71.8 Å². The molecule has 0 bridgehead atoms. The van der Waals surface area contributed by atoms with Gasteiger partial charge in [0.25, 0.3) is 11.8 Å². The van der Waals surface area contributed by atoms with Crippen LogP contribution in [0, 0.1) is 0 Å². The molecule has 0 saturated carbocycles. The van der Waals surface area contributed by atoms with Gasteiger partial charge in [0.1, 0.15) is 11.5 Å². The maximum Gasteiger partial charge on any atom is 0.345 e. The lowest BCUT2D eigenvalue weighted by Gasteiger charge is -2.07. The van der Waals surface area contributed by atoms with Crippen LogP contribution in [0.5, 0.6) is 11.5 Å². The quantitative estimate of drug-likeness (QED) is 0.169. The summed E-state index contributed by atoms with van der Waals surface area (Å²) < 4.78 is 10.8. The van der Waals surface area contributed by atoms with Gasteiger partial charge in [-0.1, -0.05) is 30.1 Å². The number of carbonyl (C=O) groups is 3. The number of hydrazone groups is 1. The summed E-state index contributed by atoms with van der Waals surface area (Å²) in [5, 5.41) is 6.99. The topological polar surface area (TPSA) is 106 Å². The number of nitrogens with zero attached hydrogens (tertiary/aromatic N) is 1. The van der Waals surface area contributed by atoms with Crippen LogP contribution in [0.4, 0.5) is 0 Å². The summed E-state index contributed by atoms with van der Waals surface area (Å²) >= 11 is 11.9. The molecule has 0 unspecified atom stereocenters. The van der Waals surface area contributed by atoms with Gasteiger partial charge in [0.2, 0.25) is 0 Å². The molecule has 10 heteroatoms. The van der Waals surface area contributed by atoms with Gasteiger partial charge in [0.05, 0.1) is 30.0 Å². The molecule has 3 rings (SSSR count). The number of benzene rings is 3. The first-order valence-electron chi connectivity index (χ1n) is 11.0. The maximum atomic E-state index is 12.3. The molecule has 0 atom stereocenters. The highest BCUT2D eigenvalue weighted by atomic mass is 35.5. The highest BCUT2D eigenvalue weighted by molar-refractivity contribution is 6.36. The molecule has 0 aliphatic heterocycles. The number of rotatable bonds is 10. The molecule has 0 aliphatic rings. The number of hydrogen-bond donors (Lipinski definition) is 2. The number of hydrogen-bond acceptors (Lipinski definition) is 6. The highest BCUT2D eigenvalue weighted by Crippen LogP contribution is 2.23. The van der Waals surface area contributed by atoms with Crippen LogP contribution in [-0.2, 0) is 4.79 Å². The maximum absolute atomic E-state index is 12.3. The number of ether oxygens (including phenoxy) is 2. The Bertz CT molecular complexity index is 1250. The summed E-state index contributed by atoms with van der Waals surface area (Å²) in [4.78, 5) is 36.4. The molecular weight excluding hydrogens is 505 g/mol. The SMILES string of the molecule is CCCOc1ccc(C(=O)NCC(=O)N/N=C\c2ccc(OC(=O)c3ccc(Cl)cc3Cl)cc2)cc1. The van der Waals surface area contributed by atoms with Crippen LogP contribution in [0.1, 0.15) is 39.6 Å². The van der Waals surface area contributed by atoms with Gasteiger partial charge in [0, 0.05) is 10.6 Å². The number of amides is 2. The van der Waals surface area contributed by atoms with E-state index in [1.54, 1.807) is 54.6 Å². The first-order chi connectivity index (χ1) is 17.4. The zero-order chi connectivity index (χ0) is 25.9. The van der Waals surface area contributed by atoms with Crippen LogP contribution >= 0.6 is 23.2 Å². The van der Waals surface area contributed by atoms with Crippen molar-refractivity contribution < 1.29 is 23.9 Å². The molecule has 0 radical (unpaired) electrons. The minimum absolute atomic E-state index is 0.193. The Balaban J connectivity index is 1.43. The van der Waals surface area contributed by atoms with Crippen molar-refractivity contribution in [1.29, 1.82) is 0 Å². The van der Waals surface area contributed by atoms with Gasteiger partial charge in [-0.05, 0) is 78.7 Å². The lowest BCUT2D eigenvalue weighted by molar-refractivity contribution is -0.120. The van der Waals surface area contributed by atoms with Crippen LogP contribution in [0.25, 0.3) is 0 Å². The Kier molecular flexibility index (Phi) is 9.85. The second kappa shape index (κ2) is 13.3. The van der Waals surface area contributed by atoms with Crippen molar-refractivity contribution >= 4 is 47.2 Å². The summed E-state index contributed by atoms with van der Waals surface area (Å²) in [7, 11) is 0. The molecule has 186 valence electrons. The van der Waals surface area contributed by atoms with E-state index in [4.69, 9.17) is 32.7 Å². The van der Waals surface area contributed by atoms with Crippen molar-refractivity contribution in [3.63, 3.8) is 0 Å². The first-order valence-corrected chi connectivity index (χ1v) is 11.7. The molecule has 0 aliphatic carbocycles. The molecule has 0 aromatic heterocycles. The van der Waals surface area contributed by atoms with Gasteiger partial charge in [-0.3, -0.25) is 9.59 Å². The fraction of sp³-hybridized carbons (Fsp3) is 0.154. The first kappa shape index (κ1) is 26.7. The molecule has 0 spiro atoms. The third-order valence-corrected chi connectivity index (χ3v) is 5.19. The molecular formula is C26H23Cl2N3O5. The van der Waals surface area contributed by atoms with E-state index in [0.717, 1.165) is 6.42 Å². The fourth-order valence-electron chi connectivity index (χ4n) is 2.84. The summed E-state index contributed by atoms with van der Waals surface area (Å²) in [5.74, 6) is -0.514. The van der Waals surface area contributed by atoms with Crippen LogP contribution in [-0.4, -0.2) is 37.1 Å². The van der Waals surface area contributed by atoms with Gasteiger partial charge >= 0.3 is 5.97 Å². The van der Waals surface area contributed by atoms with E-state index in [1.807, 2.05) is 6.92 Å².